The summed E-state index contributed by atoms with van der Waals surface area (Å²) in [5.74, 6) is -8.80. The first kappa shape index (κ1) is 27.3. The predicted octanol–water partition coefficient (Wildman–Crippen LogP) is 2.89. The van der Waals surface area contributed by atoms with Crippen LogP contribution in [0, 0.1) is 10.1 Å². The van der Waals surface area contributed by atoms with Gasteiger partial charge in [0.1, 0.15) is 10.6 Å². The molecule has 18 heteroatoms. The fraction of sp³-hybridized carbons (Fsp3) is 0.533. The second kappa shape index (κ2) is 9.36. The highest BCUT2D eigenvalue weighted by Crippen LogP contribution is 2.54. The number of alkyl halides is 7. The number of amides is 1. The predicted molar refractivity (Wildman–Crippen MR) is 101 cm³/mol. The second-order valence-electron chi connectivity index (χ2n) is 6.73. The first-order chi connectivity index (χ1) is 14.9. The number of thioether (sulfide) groups is 1. The molecule has 1 amide bonds. The highest BCUT2D eigenvalue weighted by Gasteiger charge is 2.73. The third kappa shape index (κ3) is 6.34. The van der Waals surface area contributed by atoms with Gasteiger partial charge in [-0.05, 0) is 30.3 Å². The average molecular weight is 546 g/mol. The van der Waals surface area contributed by atoms with Crippen molar-refractivity contribution in [3.63, 3.8) is 0 Å². The highest BCUT2D eigenvalue weighted by atomic mass is 32.2. The lowest BCUT2D eigenvalue weighted by atomic mass is 10.3. The van der Waals surface area contributed by atoms with Crippen LogP contribution in [0.25, 0.3) is 0 Å². The van der Waals surface area contributed by atoms with Crippen LogP contribution >= 0.6 is 11.8 Å². The van der Waals surface area contributed by atoms with Crippen LogP contribution in [0.3, 0.4) is 0 Å². The Morgan fingerprint density at radius 3 is 2.30 bits per heavy atom. The fourth-order valence-corrected chi connectivity index (χ4v) is 6.23. The van der Waals surface area contributed by atoms with E-state index in [1.807, 2.05) is 0 Å². The lowest BCUT2D eigenvalue weighted by Crippen LogP contribution is -2.49. The number of carbonyl (C=O) groups excluding carboxylic acids is 1. The third-order valence-corrected chi connectivity index (χ3v) is 8.33. The molecule has 1 fully saturated rings. The minimum absolute atomic E-state index is 0.101. The maximum Gasteiger partial charge on any atom is 0.460 e. The molecule has 0 spiro atoms. The van der Waals surface area contributed by atoms with Crippen LogP contribution in [0.5, 0.6) is 0 Å². The molecule has 0 saturated carbocycles. The Hall–Kier alpha value is -1.95. The van der Waals surface area contributed by atoms with E-state index in [-0.39, 0.29) is 24.0 Å². The summed E-state index contributed by atoms with van der Waals surface area (Å²) >= 11 is -1.28. The zero-order valence-corrected chi connectivity index (χ0v) is 18.4. The molecule has 1 heterocycles. The van der Waals surface area contributed by atoms with Crippen LogP contribution in [0.15, 0.2) is 28.0 Å². The van der Waals surface area contributed by atoms with Gasteiger partial charge < -0.3 is 5.32 Å². The van der Waals surface area contributed by atoms with Gasteiger partial charge in [-0.3, -0.25) is 19.1 Å². The second-order valence-corrected chi connectivity index (χ2v) is 11.6. The number of nitrogens with zero attached hydrogens (tertiary/aromatic N) is 1. The van der Waals surface area contributed by atoms with Crippen molar-refractivity contribution >= 4 is 44.0 Å². The molecule has 1 aliphatic rings. The van der Waals surface area contributed by atoms with E-state index in [1.165, 1.54) is 0 Å². The first-order valence-corrected chi connectivity index (χ1v) is 12.5. The van der Waals surface area contributed by atoms with Gasteiger partial charge in [-0.25, -0.2) is 8.42 Å². The quantitative estimate of drug-likeness (QED) is 0.230. The van der Waals surface area contributed by atoms with Gasteiger partial charge in [0, 0.05) is 17.0 Å². The zero-order chi connectivity index (χ0) is 25.4. The number of halogens is 7. The number of nitro benzene ring substituents is 1. The van der Waals surface area contributed by atoms with Gasteiger partial charge >= 0.3 is 17.4 Å². The van der Waals surface area contributed by atoms with E-state index in [9.17, 15) is 58.3 Å². The molecule has 0 aliphatic carbocycles. The molecular formula is C15H13F7N2O6S3. The summed E-state index contributed by atoms with van der Waals surface area (Å²) in [4.78, 5) is 20.2. The van der Waals surface area contributed by atoms with Crippen molar-refractivity contribution in [3.05, 3.63) is 28.3 Å². The summed E-state index contributed by atoms with van der Waals surface area (Å²) in [7, 11) is -5.80. The van der Waals surface area contributed by atoms with E-state index < -0.39 is 87.9 Å². The van der Waals surface area contributed by atoms with E-state index in [0.29, 0.717) is 12.1 Å². The van der Waals surface area contributed by atoms with E-state index in [0.717, 1.165) is 0 Å². The molecule has 1 aromatic rings. The van der Waals surface area contributed by atoms with Crippen molar-refractivity contribution in [2.45, 2.75) is 39.6 Å². The van der Waals surface area contributed by atoms with Crippen molar-refractivity contribution < 1.29 is 53.1 Å². The Morgan fingerprint density at radius 2 is 1.82 bits per heavy atom. The molecule has 1 aromatic carbocycles. The van der Waals surface area contributed by atoms with Crippen LogP contribution in [0.1, 0.15) is 6.42 Å². The van der Waals surface area contributed by atoms with Gasteiger partial charge in [0.15, 0.2) is 9.84 Å². The summed E-state index contributed by atoms with van der Waals surface area (Å²) in [6.07, 6.45) is -6.49. The van der Waals surface area contributed by atoms with Crippen LogP contribution in [0.4, 0.5) is 36.4 Å². The number of benzene rings is 1. The summed E-state index contributed by atoms with van der Waals surface area (Å²) in [6.45, 7) is 0. The van der Waals surface area contributed by atoms with E-state index in [1.54, 1.807) is 0 Å². The van der Waals surface area contributed by atoms with E-state index in [2.05, 4.69) is 5.32 Å². The molecule has 33 heavy (non-hydrogen) atoms. The number of nitrogens with one attached hydrogen (secondary N) is 1. The van der Waals surface area contributed by atoms with Crippen molar-refractivity contribution in [1.82, 2.24) is 5.32 Å². The largest absolute Gasteiger partial charge is 0.460 e. The summed E-state index contributed by atoms with van der Waals surface area (Å²) < 4.78 is 125. The molecule has 186 valence electrons. The number of carbonyl (C=O) groups is 1. The molecule has 2 rings (SSSR count). The monoisotopic (exact) mass is 546 g/mol. The number of hydrogen-bond acceptors (Lipinski definition) is 7. The van der Waals surface area contributed by atoms with Gasteiger partial charge in [-0.1, -0.05) is 0 Å². The highest BCUT2D eigenvalue weighted by molar-refractivity contribution is 8.00. The Balaban J connectivity index is 2.20. The Morgan fingerprint density at radius 1 is 1.21 bits per heavy atom. The Bertz CT molecular complexity index is 1080. The van der Waals surface area contributed by atoms with Crippen molar-refractivity contribution in [3.8, 4) is 0 Å². The number of nitro groups is 1. The topological polar surface area (TPSA) is 123 Å². The minimum Gasteiger partial charge on any atom is -0.352 e. The lowest BCUT2D eigenvalue weighted by Gasteiger charge is -2.27. The van der Waals surface area contributed by atoms with Crippen molar-refractivity contribution in [2.75, 3.05) is 17.3 Å². The van der Waals surface area contributed by atoms with Gasteiger partial charge in [-0.15, -0.1) is 0 Å². The molecule has 8 nitrogen and oxygen atoms in total. The Labute approximate surface area is 187 Å². The molecule has 0 aromatic heterocycles. The normalized spacial score (nSPS) is 19.8. The van der Waals surface area contributed by atoms with Crippen LogP contribution in [-0.4, -0.2) is 64.1 Å². The first-order valence-electron chi connectivity index (χ1n) is 8.54. The van der Waals surface area contributed by atoms with Crippen molar-refractivity contribution in [1.29, 1.82) is 0 Å². The third-order valence-electron chi connectivity index (χ3n) is 4.20. The fourth-order valence-electron chi connectivity index (χ4n) is 2.65. The van der Waals surface area contributed by atoms with Gasteiger partial charge in [0.05, 0.1) is 27.2 Å². The van der Waals surface area contributed by atoms with Crippen molar-refractivity contribution in [2.24, 2.45) is 0 Å². The minimum atomic E-state index is -6.59. The molecule has 1 saturated heterocycles. The molecule has 1 aliphatic heterocycles. The molecule has 0 unspecified atom stereocenters. The lowest BCUT2D eigenvalue weighted by molar-refractivity contribution is -0.388. The summed E-state index contributed by atoms with van der Waals surface area (Å²) in [6, 6.07) is 0.587. The standard InChI is InChI=1S/C15H13F7N2O6S3/c16-13(17,14(18,19)20)15(21,22)31-9-1-2-11(10(5-9)24(26)27)32(28)6-12(25)23-8-3-4-33(29,30)7-8/h1-2,5,8H,3-4,6-7H2,(H,23,25)/t8-,32-/m1/s1. The summed E-state index contributed by atoms with van der Waals surface area (Å²) in [5.41, 5.74) is -1.15. The van der Waals surface area contributed by atoms with Gasteiger partial charge in [-0.2, -0.15) is 30.7 Å². The van der Waals surface area contributed by atoms with Gasteiger partial charge in [0.25, 0.3) is 5.69 Å². The van der Waals surface area contributed by atoms with Crippen LogP contribution in [-0.2, 0) is 25.4 Å². The molecular weight excluding hydrogens is 533 g/mol. The van der Waals surface area contributed by atoms with Crippen LogP contribution < -0.4 is 5.32 Å². The smallest absolute Gasteiger partial charge is 0.352 e. The maximum atomic E-state index is 13.6. The SMILES string of the molecule is O=C(C[S@@](=O)c1ccc(SC(F)(F)C(F)(F)C(F)(F)F)cc1[N+](=O)[O-])N[C@@H]1CCS(=O)(=O)C1. The molecule has 0 bridgehead atoms. The number of rotatable bonds is 8. The summed E-state index contributed by atoms with van der Waals surface area (Å²) in [5, 5.41) is 7.78. The number of sulfone groups is 1. The average Bonchev–Trinajstić information content (AvgIpc) is 2.98. The molecule has 1 N–H and O–H groups in total. The molecule has 2 atom stereocenters. The number of hydrogen-bond donors (Lipinski definition) is 1. The molecule has 0 radical (unpaired) electrons. The van der Waals surface area contributed by atoms with E-state index in [4.69, 9.17) is 0 Å². The van der Waals surface area contributed by atoms with Crippen LogP contribution in [0.2, 0.25) is 0 Å². The Kier molecular flexibility index (Phi) is 7.74. The van der Waals surface area contributed by atoms with E-state index >= 15 is 0 Å². The van der Waals surface area contributed by atoms with Gasteiger partial charge in [0.2, 0.25) is 5.91 Å². The zero-order valence-electron chi connectivity index (χ0n) is 15.9. The maximum absolute atomic E-state index is 13.6.